The Morgan fingerprint density at radius 2 is 1.06 bits per heavy atom. The van der Waals surface area contributed by atoms with E-state index in [0.29, 0.717) is 45.1 Å². The molecule has 0 aliphatic heterocycles. The van der Waals surface area contributed by atoms with Gasteiger partial charge in [0.2, 0.25) is 0 Å². The molecule has 11 heteroatoms. The maximum absolute atomic E-state index is 13.4. The highest BCUT2D eigenvalue weighted by molar-refractivity contribution is 7.88. The highest BCUT2D eigenvalue weighted by Crippen LogP contribution is 2.40. The molecule has 0 atom stereocenters. The van der Waals surface area contributed by atoms with E-state index in [1.807, 2.05) is 59.2 Å². The third kappa shape index (κ3) is 6.89. The van der Waals surface area contributed by atoms with Crippen molar-refractivity contribution in [2.45, 2.75) is 57.9 Å². The topological polar surface area (TPSA) is 87.0 Å². The molecule has 7 rings (SSSR count). The lowest BCUT2D eigenvalue weighted by atomic mass is 9.86. The van der Waals surface area contributed by atoms with Gasteiger partial charge in [-0.3, -0.25) is 0 Å². The predicted octanol–water partition coefficient (Wildman–Crippen LogP) is 10.8. The number of hydrogen-bond donors (Lipinski definition) is 0. The summed E-state index contributed by atoms with van der Waals surface area (Å²) in [5.74, 6) is 1.00. The summed E-state index contributed by atoms with van der Waals surface area (Å²) in [4.78, 5) is 14.8. The van der Waals surface area contributed by atoms with Crippen LogP contribution in [-0.2, 0) is 20.9 Å². The molecule has 7 nitrogen and oxygen atoms in total. The van der Waals surface area contributed by atoms with Gasteiger partial charge in [0, 0.05) is 27.8 Å². The molecule has 0 amide bonds. The average Bonchev–Trinajstić information content (AvgIpc) is 3.45. The Labute approximate surface area is 306 Å². The molecular weight excluding hydrogens is 698 g/mol. The molecule has 0 saturated carbocycles. The molecule has 0 aliphatic rings. The molecule has 0 radical (unpaired) electrons. The lowest BCUT2D eigenvalue weighted by molar-refractivity contribution is -0.0499. The van der Waals surface area contributed by atoms with Gasteiger partial charge in [0.15, 0.2) is 23.2 Å². The molecule has 2 aromatic heterocycles. The van der Waals surface area contributed by atoms with E-state index in [9.17, 15) is 21.6 Å². The predicted molar refractivity (Wildman–Crippen MR) is 203 cm³/mol. The van der Waals surface area contributed by atoms with E-state index in [0.717, 1.165) is 11.1 Å². The maximum Gasteiger partial charge on any atom is 0.534 e. The number of aromatic nitrogens is 4. The summed E-state index contributed by atoms with van der Waals surface area (Å²) in [5, 5.41) is 0.742. The van der Waals surface area contributed by atoms with Gasteiger partial charge in [-0.15, -0.1) is 0 Å². The second-order valence-corrected chi connectivity index (χ2v) is 16.5. The number of halogens is 3. The molecule has 5 aromatic carbocycles. The van der Waals surface area contributed by atoms with Gasteiger partial charge in [0.1, 0.15) is 0 Å². The van der Waals surface area contributed by atoms with Gasteiger partial charge in [0.05, 0.1) is 16.4 Å². The summed E-state index contributed by atoms with van der Waals surface area (Å²) >= 11 is 0. The fourth-order valence-corrected chi connectivity index (χ4v) is 6.76. The lowest BCUT2D eigenvalue weighted by Crippen LogP contribution is -2.28. The van der Waals surface area contributed by atoms with Crippen LogP contribution in [0.15, 0.2) is 115 Å². The summed E-state index contributed by atoms with van der Waals surface area (Å²) in [7, 11) is -5.91. The normalized spacial score (nSPS) is 12.8. The lowest BCUT2D eigenvalue weighted by Gasteiger charge is -2.19. The van der Waals surface area contributed by atoms with E-state index in [1.54, 1.807) is 24.3 Å². The molecule has 0 unspecified atom stereocenters. The van der Waals surface area contributed by atoms with Crippen LogP contribution in [0.5, 0.6) is 5.75 Å². The summed E-state index contributed by atoms with van der Waals surface area (Å²) in [6, 6.07) is 35.3. The molecule has 7 aromatic rings. The Balaban J connectivity index is 1.39. The summed E-state index contributed by atoms with van der Waals surface area (Å²) in [5.41, 5.74) is 0.763. The Morgan fingerprint density at radius 3 is 1.58 bits per heavy atom. The van der Waals surface area contributed by atoms with Gasteiger partial charge in [0.25, 0.3) is 0 Å². The zero-order valence-corrected chi connectivity index (χ0v) is 30.8. The SMILES string of the molecule is CC(C)(C)c1ccc(-c2nc(-c3ccc(C(C)(C)C)cc3)nc(-c3cccc(-n4c5ccccc5c5c(OS(=O)(=O)C(F)(F)F)cccc54)c3)n2)cc1. The number of para-hydroxylation sites is 1. The Morgan fingerprint density at radius 1 is 0.566 bits per heavy atom. The van der Waals surface area contributed by atoms with Crippen molar-refractivity contribution in [1.29, 1.82) is 0 Å². The van der Waals surface area contributed by atoms with Crippen LogP contribution < -0.4 is 4.18 Å². The van der Waals surface area contributed by atoms with Gasteiger partial charge < -0.3 is 8.75 Å². The van der Waals surface area contributed by atoms with Gasteiger partial charge in [-0.25, -0.2) is 15.0 Å². The van der Waals surface area contributed by atoms with E-state index in [2.05, 4.69) is 65.8 Å². The molecule has 2 heterocycles. The molecule has 0 aliphatic carbocycles. The fraction of sp³-hybridized carbons (Fsp3) is 0.214. The Kier molecular flexibility index (Phi) is 8.68. The van der Waals surface area contributed by atoms with Crippen molar-refractivity contribution in [3.8, 4) is 45.6 Å². The Bertz CT molecular complexity index is 2530. The zero-order valence-electron chi connectivity index (χ0n) is 30.0. The van der Waals surface area contributed by atoms with Crippen LogP contribution in [0.4, 0.5) is 13.2 Å². The van der Waals surface area contributed by atoms with E-state index in [4.69, 9.17) is 19.1 Å². The largest absolute Gasteiger partial charge is 0.534 e. The number of alkyl halides is 3. The first-order chi connectivity index (χ1) is 24.9. The van der Waals surface area contributed by atoms with Gasteiger partial charge >= 0.3 is 15.6 Å². The van der Waals surface area contributed by atoms with E-state index in [-0.39, 0.29) is 16.2 Å². The molecule has 0 fully saturated rings. The van der Waals surface area contributed by atoms with Crippen LogP contribution >= 0.6 is 0 Å². The van der Waals surface area contributed by atoms with Crippen molar-refractivity contribution in [3.05, 3.63) is 126 Å². The van der Waals surface area contributed by atoms with Crippen molar-refractivity contribution in [1.82, 2.24) is 19.5 Å². The summed E-state index contributed by atoms with van der Waals surface area (Å²) in [6.07, 6.45) is 0. The van der Waals surface area contributed by atoms with E-state index < -0.39 is 21.4 Å². The third-order valence-corrected chi connectivity index (χ3v) is 10.1. The minimum Gasteiger partial charge on any atom is -0.375 e. The minimum atomic E-state index is -5.91. The number of benzene rings is 5. The van der Waals surface area contributed by atoms with Crippen LogP contribution in [0.1, 0.15) is 52.7 Å². The second-order valence-electron chi connectivity index (χ2n) is 15.0. The number of nitrogens with zero attached hydrogens (tertiary/aromatic N) is 4. The quantitative estimate of drug-likeness (QED) is 0.125. The molecule has 270 valence electrons. The minimum absolute atomic E-state index is 0.0323. The third-order valence-electron chi connectivity index (χ3n) is 9.16. The number of fused-ring (bicyclic) bond motifs is 3. The van der Waals surface area contributed by atoms with Crippen molar-refractivity contribution in [3.63, 3.8) is 0 Å². The highest BCUT2D eigenvalue weighted by atomic mass is 32.2. The molecule has 0 spiro atoms. The summed E-state index contributed by atoms with van der Waals surface area (Å²) < 4.78 is 70.9. The first-order valence-corrected chi connectivity index (χ1v) is 18.4. The van der Waals surface area contributed by atoms with Crippen LogP contribution in [0.3, 0.4) is 0 Å². The monoisotopic (exact) mass is 734 g/mol. The average molecular weight is 735 g/mol. The highest BCUT2D eigenvalue weighted by Gasteiger charge is 2.48. The maximum atomic E-state index is 13.4. The molecule has 0 N–H and O–H groups in total. The van der Waals surface area contributed by atoms with Crippen LogP contribution in [0.2, 0.25) is 0 Å². The first kappa shape index (κ1) is 35.8. The van der Waals surface area contributed by atoms with Gasteiger partial charge in [-0.2, -0.15) is 21.6 Å². The Hall–Kier alpha value is -5.55. The van der Waals surface area contributed by atoms with Crippen LogP contribution in [-0.4, -0.2) is 33.4 Å². The first-order valence-electron chi connectivity index (χ1n) is 17.0. The standard InChI is InChI=1S/C42H37F3N4O3S/c1-40(2,3)29-21-17-26(18-22-29)37-46-38(27-19-23-30(24-20-27)41(4,5)6)48-39(47-37)28-11-9-12-31(25-28)49-33-14-8-7-13-32(33)36-34(49)15-10-16-35(36)52-53(50,51)42(43,44)45/h7-25H,1-6H3. The van der Waals surface area contributed by atoms with E-state index >= 15 is 0 Å². The zero-order chi connectivity index (χ0) is 37.9. The smallest absolute Gasteiger partial charge is 0.375 e. The van der Waals surface area contributed by atoms with Crippen molar-refractivity contribution in [2.24, 2.45) is 0 Å². The van der Waals surface area contributed by atoms with Crippen molar-refractivity contribution in [2.75, 3.05) is 0 Å². The molecule has 53 heavy (non-hydrogen) atoms. The van der Waals surface area contributed by atoms with Crippen LogP contribution in [0.25, 0.3) is 61.7 Å². The fourth-order valence-electron chi connectivity index (χ4n) is 6.29. The second kappa shape index (κ2) is 12.8. The van der Waals surface area contributed by atoms with E-state index in [1.165, 1.54) is 23.3 Å². The molecule has 0 saturated heterocycles. The number of hydrogen-bond acceptors (Lipinski definition) is 6. The summed E-state index contributed by atoms with van der Waals surface area (Å²) in [6.45, 7) is 12.9. The molecular formula is C42H37F3N4O3S. The van der Waals surface area contributed by atoms with Crippen molar-refractivity contribution < 1.29 is 25.8 Å². The van der Waals surface area contributed by atoms with Crippen LogP contribution in [0, 0.1) is 0 Å². The van der Waals surface area contributed by atoms with Crippen molar-refractivity contribution >= 4 is 31.9 Å². The van der Waals surface area contributed by atoms with Gasteiger partial charge in [-0.05, 0) is 52.3 Å². The number of rotatable bonds is 6. The molecule has 0 bridgehead atoms. The van der Waals surface area contributed by atoms with Gasteiger partial charge in [-0.1, -0.05) is 126 Å².